The van der Waals surface area contributed by atoms with Gasteiger partial charge in [0.25, 0.3) is 0 Å². The first-order valence-electron chi connectivity index (χ1n) is 6.90. The van der Waals surface area contributed by atoms with E-state index in [1.54, 1.807) is 0 Å². The third-order valence-corrected chi connectivity index (χ3v) is 5.09. The minimum Gasteiger partial charge on any atom is -0.389 e. The second-order valence-electron chi connectivity index (χ2n) is 5.69. The molecular formula is C15H21BrClNO. The standard InChI is InChI=1S/C15H20BrNO.ClH/c16-12-5-3-4-11(10-12)14-13-6-1-2-7-15(13,18)8-9-17-14;/h3-5,10,13-14,17-18H,1-2,6-9H2;1H. The molecule has 0 radical (unpaired) electrons. The smallest absolute Gasteiger partial charge is 0.0706 e. The van der Waals surface area contributed by atoms with Crippen LogP contribution in [0, 0.1) is 5.92 Å². The van der Waals surface area contributed by atoms with E-state index in [9.17, 15) is 5.11 Å². The van der Waals surface area contributed by atoms with Crippen LogP contribution in [-0.4, -0.2) is 17.3 Å². The molecule has 3 unspecified atom stereocenters. The minimum atomic E-state index is -0.434. The highest BCUT2D eigenvalue weighted by Gasteiger charge is 2.45. The molecule has 3 rings (SSSR count). The van der Waals surface area contributed by atoms with E-state index in [0.29, 0.717) is 12.0 Å². The molecule has 1 saturated carbocycles. The van der Waals surface area contributed by atoms with Gasteiger partial charge in [-0.15, -0.1) is 12.4 Å². The Balaban J connectivity index is 0.00000133. The van der Waals surface area contributed by atoms with Gasteiger partial charge in [0, 0.05) is 16.4 Å². The van der Waals surface area contributed by atoms with Crippen LogP contribution in [0.1, 0.15) is 43.7 Å². The lowest BCUT2D eigenvalue weighted by Gasteiger charge is -2.48. The lowest BCUT2D eigenvalue weighted by atomic mass is 9.67. The molecule has 0 amide bonds. The van der Waals surface area contributed by atoms with Gasteiger partial charge < -0.3 is 10.4 Å². The van der Waals surface area contributed by atoms with Crippen molar-refractivity contribution in [3.63, 3.8) is 0 Å². The van der Waals surface area contributed by atoms with Crippen molar-refractivity contribution in [3.8, 4) is 0 Å². The van der Waals surface area contributed by atoms with Crippen molar-refractivity contribution in [3.05, 3.63) is 34.3 Å². The summed E-state index contributed by atoms with van der Waals surface area (Å²) in [6.07, 6.45) is 5.45. The van der Waals surface area contributed by atoms with Crippen LogP contribution >= 0.6 is 28.3 Å². The first-order chi connectivity index (χ1) is 8.69. The van der Waals surface area contributed by atoms with Crippen molar-refractivity contribution in [2.24, 2.45) is 5.92 Å². The SMILES string of the molecule is Cl.OC12CCCCC1C(c1cccc(Br)c1)NCC2. The highest BCUT2D eigenvalue weighted by Crippen LogP contribution is 2.45. The fraction of sp³-hybridized carbons (Fsp3) is 0.600. The van der Waals surface area contributed by atoms with E-state index >= 15 is 0 Å². The maximum atomic E-state index is 10.8. The van der Waals surface area contributed by atoms with E-state index in [1.165, 1.54) is 18.4 Å². The molecule has 3 atom stereocenters. The van der Waals surface area contributed by atoms with Gasteiger partial charge in [-0.25, -0.2) is 0 Å². The number of aliphatic hydroxyl groups is 1. The Labute approximate surface area is 129 Å². The quantitative estimate of drug-likeness (QED) is 0.810. The van der Waals surface area contributed by atoms with Gasteiger partial charge in [0.15, 0.2) is 0 Å². The summed E-state index contributed by atoms with van der Waals surface area (Å²) in [6.45, 7) is 0.921. The monoisotopic (exact) mass is 345 g/mol. The van der Waals surface area contributed by atoms with Crippen LogP contribution in [0.15, 0.2) is 28.7 Å². The average Bonchev–Trinajstić information content (AvgIpc) is 2.37. The van der Waals surface area contributed by atoms with Gasteiger partial charge in [-0.05, 0) is 43.5 Å². The number of benzene rings is 1. The van der Waals surface area contributed by atoms with Crippen LogP contribution < -0.4 is 5.32 Å². The van der Waals surface area contributed by atoms with Crippen molar-refractivity contribution in [1.82, 2.24) is 5.32 Å². The first kappa shape index (κ1) is 15.3. The van der Waals surface area contributed by atoms with E-state index in [4.69, 9.17) is 0 Å². The van der Waals surface area contributed by atoms with Gasteiger partial charge in [-0.1, -0.05) is 40.9 Å². The van der Waals surface area contributed by atoms with E-state index in [1.807, 2.05) is 0 Å². The summed E-state index contributed by atoms with van der Waals surface area (Å²) < 4.78 is 1.12. The fourth-order valence-corrected chi connectivity index (χ4v) is 4.09. The molecule has 1 aromatic rings. The molecule has 1 aliphatic carbocycles. The second-order valence-corrected chi connectivity index (χ2v) is 6.61. The van der Waals surface area contributed by atoms with Crippen LogP contribution in [0.2, 0.25) is 0 Å². The molecule has 1 saturated heterocycles. The molecule has 2 fully saturated rings. The maximum Gasteiger partial charge on any atom is 0.0706 e. The highest BCUT2D eigenvalue weighted by molar-refractivity contribution is 9.10. The number of fused-ring (bicyclic) bond motifs is 1. The number of hydrogen-bond donors (Lipinski definition) is 2. The Bertz CT molecular complexity index is 438. The van der Waals surface area contributed by atoms with Crippen LogP contribution in [-0.2, 0) is 0 Å². The summed E-state index contributed by atoms with van der Waals surface area (Å²) in [6, 6.07) is 8.79. The van der Waals surface area contributed by atoms with Gasteiger partial charge in [0.05, 0.1) is 5.60 Å². The average molecular weight is 347 g/mol. The Morgan fingerprint density at radius 3 is 2.89 bits per heavy atom. The van der Waals surface area contributed by atoms with Crippen molar-refractivity contribution < 1.29 is 5.11 Å². The first-order valence-corrected chi connectivity index (χ1v) is 7.70. The van der Waals surface area contributed by atoms with E-state index in [-0.39, 0.29) is 12.4 Å². The van der Waals surface area contributed by atoms with Crippen LogP contribution in [0.4, 0.5) is 0 Å². The van der Waals surface area contributed by atoms with E-state index in [2.05, 4.69) is 45.5 Å². The predicted octanol–water partition coefficient (Wildman–Crippen LogP) is 3.83. The molecule has 106 valence electrons. The molecule has 0 spiro atoms. The highest BCUT2D eigenvalue weighted by atomic mass is 79.9. The molecule has 1 aromatic carbocycles. The zero-order valence-corrected chi connectivity index (χ0v) is 13.3. The summed E-state index contributed by atoms with van der Waals surface area (Å²) in [7, 11) is 0. The zero-order chi connectivity index (χ0) is 12.6. The molecule has 1 aliphatic heterocycles. The molecule has 2 aliphatic rings. The summed E-state index contributed by atoms with van der Waals surface area (Å²) in [5.41, 5.74) is 0.866. The molecule has 1 heterocycles. The number of halogens is 2. The summed E-state index contributed by atoms with van der Waals surface area (Å²) in [5.74, 6) is 0.370. The van der Waals surface area contributed by atoms with Crippen molar-refractivity contribution in [1.29, 1.82) is 0 Å². The number of hydrogen-bond acceptors (Lipinski definition) is 2. The third-order valence-electron chi connectivity index (χ3n) is 4.60. The van der Waals surface area contributed by atoms with Crippen molar-refractivity contribution in [2.75, 3.05) is 6.54 Å². The Morgan fingerprint density at radius 2 is 2.11 bits per heavy atom. The van der Waals surface area contributed by atoms with Crippen molar-refractivity contribution >= 4 is 28.3 Å². The van der Waals surface area contributed by atoms with Gasteiger partial charge in [0.2, 0.25) is 0 Å². The van der Waals surface area contributed by atoms with Gasteiger partial charge in [-0.2, -0.15) is 0 Å². The van der Waals surface area contributed by atoms with Crippen molar-refractivity contribution in [2.45, 2.75) is 43.7 Å². The van der Waals surface area contributed by atoms with E-state index < -0.39 is 5.60 Å². The van der Waals surface area contributed by atoms with Gasteiger partial charge >= 0.3 is 0 Å². The van der Waals surface area contributed by atoms with Crippen LogP contribution in [0.25, 0.3) is 0 Å². The Hall–Kier alpha value is -0.0900. The lowest BCUT2D eigenvalue weighted by Crippen LogP contribution is -2.53. The molecule has 2 N–H and O–H groups in total. The summed E-state index contributed by atoms with van der Waals surface area (Å²) in [5, 5.41) is 14.4. The fourth-order valence-electron chi connectivity index (χ4n) is 3.67. The number of rotatable bonds is 1. The topological polar surface area (TPSA) is 32.3 Å². The van der Waals surface area contributed by atoms with Gasteiger partial charge in [0.1, 0.15) is 0 Å². The normalized spacial score (nSPS) is 34.2. The zero-order valence-electron chi connectivity index (χ0n) is 10.9. The third kappa shape index (κ3) is 2.99. The number of piperidine rings is 1. The molecule has 19 heavy (non-hydrogen) atoms. The minimum absolute atomic E-state index is 0. The van der Waals surface area contributed by atoms with Crippen LogP contribution in [0.3, 0.4) is 0 Å². The molecule has 4 heteroatoms. The summed E-state index contributed by atoms with van der Waals surface area (Å²) >= 11 is 3.54. The largest absolute Gasteiger partial charge is 0.389 e. The molecule has 0 bridgehead atoms. The summed E-state index contributed by atoms with van der Waals surface area (Å²) in [4.78, 5) is 0. The Kier molecular flexibility index (Phi) is 4.93. The van der Waals surface area contributed by atoms with Crippen LogP contribution in [0.5, 0.6) is 0 Å². The predicted molar refractivity (Wildman–Crippen MR) is 83.7 cm³/mol. The second kappa shape index (κ2) is 6.13. The molecule has 0 aromatic heterocycles. The van der Waals surface area contributed by atoms with E-state index in [0.717, 1.165) is 30.3 Å². The number of nitrogens with one attached hydrogen (secondary N) is 1. The maximum absolute atomic E-state index is 10.8. The molecular weight excluding hydrogens is 326 g/mol. The Morgan fingerprint density at radius 1 is 1.26 bits per heavy atom. The molecule has 2 nitrogen and oxygen atoms in total. The van der Waals surface area contributed by atoms with Gasteiger partial charge in [-0.3, -0.25) is 0 Å². The lowest BCUT2D eigenvalue weighted by molar-refractivity contribution is -0.0861.